The second-order valence-electron chi connectivity index (χ2n) is 6.74. The van der Waals surface area contributed by atoms with Crippen molar-refractivity contribution < 1.29 is 14.3 Å². The van der Waals surface area contributed by atoms with Gasteiger partial charge in [0.25, 0.3) is 5.91 Å². The van der Waals surface area contributed by atoms with Crippen LogP contribution in [0.15, 0.2) is 42.5 Å². The van der Waals surface area contributed by atoms with E-state index in [-0.39, 0.29) is 17.9 Å². The summed E-state index contributed by atoms with van der Waals surface area (Å²) in [6.07, 6.45) is 0. The first-order valence-corrected chi connectivity index (χ1v) is 9.08. The highest BCUT2D eigenvalue weighted by Crippen LogP contribution is 2.22. The Morgan fingerprint density at radius 1 is 1.19 bits per heavy atom. The van der Waals surface area contributed by atoms with Gasteiger partial charge in [0.15, 0.2) is 0 Å². The Hall–Kier alpha value is -2.93. The van der Waals surface area contributed by atoms with E-state index in [1.54, 1.807) is 24.1 Å². The van der Waals surface area contributed by atoms with Crippen LogP contribution in [0.1, 0.15) is 10.4 Å². The van der Waals surface area contributed by atoms with Crippen molar-refractivity contribution in [3.63, 3.8) is 0 Å². The van der Waals surface area contributed by atoms with E-state index >= 15 is 0 Å². The number of carbonyl (C=O) groups excluding carboxylic acids is 2. The number of aromatic nitrogens is 1. The molecule has 0 aliphatic carbocycles. The van der Waals surface area contributed by atoms with Gasteiger partial charge in [-0.05, 0) is 18.2 Å². The number of ether oxygens (including phenoxy) is 1. The quantitative estimate of drug-likeness (QED) is 0.878. The van der Waals surface area contributed by atoms with Gasteiger partial charge in [-0.15, -0.1) is 0 Å². The molecule has 0 spiro atoms. The van der Waals surface area contributed by atoms with Crippen LogP contribution in [0.25, 0.3) is 11.3 Å². The molecule has 0 saturated carbocycles. The topological polar surface area (TPSA) is 74.8 Å². The fourth-order valence-corrected chi connectivity index (χ4v) is 3.65. The standard InChI is InChI=1S/C20H22N4O3/c1-27-18-7-3-6-16(22-18)14-4-2-5-15(12-14)20(26)24-11-10-23-9-8-21-19(25)17(23)13-24/h2-7,12,17H,8-11,13H2,1H3,(H,21,25)/t17-/m1/s1. The summed E-state index contributed by atoms with van der Waals surface area (Å²) in [4.78, 5) is 33.5. The van der Waals surface area contributed by atoms with Gasteiger partial charge in [-0.3, -0.25) is 14.5 Å². The van der Waals surface area contributed by atoms with Crippen molar-refractivity contribution in [2.45, 2.75) is 6.04 Å². The van der Waals surface area contributed by atoms with Crippen LogP contribution in [0.3, 0.4) is 0 Å². The fraction of sp³-hybridized carbons (Fsp3) is 0.350. The monoisotopic (exact) mass is 366 g/mol. The number of rotatable bonds is 3. The molecule has 2 fully saturated rings. The van der Waals surface area contributed by atoms with Gasteiger partial charge in [0.1, 0.15) is 6.04 Å². The number of nitrogens with zero attached hydrogens (tertiary/aromatic N) is 3. The number of pyridine rings is 1. The van der Waals surface area contributed by atoms with Crippen molar-refractivity contribution in [1.82, 2.24) is 20.1 Å². The zero-order valence-corrected chi connectivity index (χ0v) is 15.2. The van der Waals surface area contributed by atoms with E-state index in [0.717, 1.165) is 24.3 Å². The molecule has 1 aromatic heterocycles. The molecule has 4 rings (SSSR count). The second kappa shape index (κ2) is 7.36. The van der Waals surface area contributed by atoms with Gasteiger partial charge in [-0.25, -0.2) is 4.98 Å². The molecule has 0 unspecified atom stereocenters. The minimum Gasteiger partial charge on any atom is -0.481 e. The highest BCUT2D eigenvalue weighted by atomic mass is 16.5. The van der Waals surface area contributed by atoms with E-state index in [1.165, 1.54) is 0 Å². The Morgan fingerprint density at radius 3 is 2.89 bits per heavy atom. The van der Waals surface area contributed by atoms with Crippen molar-refractivity contribution in [2.24, 2.45) is 0 Å². The molecule has 3 heterocycles. The molecule has 7 heteroatoms. The van der Waals surface area contributed by atoms with Crippen LogP contribution in [0.2, 0.25) is 0 Å². The lowest BCUT2D eigenvalue weighted by molar-refractivity contribution is -0.131. The highest BCUT2D eigenvalue weighted by Gasteiger charge is 2.36. The van der Waals surface area contributed by atoms with Crippen molar-refractivity contribution in [3.8, 4) is 17.1 Å². The van der Waals surface area contributed by atoms with Crippen LogP contribution in [0.5, 0.6) is 5.88 Å². The Bertz CT molecular complexity index is 870. The molecular weight excluding hydrogens is 344 g/mol. The first kappa shape index (κ1) is 17.5. The number of piperazine rings is 2. The molecule has 0 radical (unpaired) electrons. The average molecular weight is 366 g/mol. The van der Waals surface area contributed by atoms with E-state index in [4.69, 9.17) is 4.74 Å². The van der Waals surface area contributed by atoms with Crippen LogP contribution >= 0.6 is 0 Å². The molecule has 2 aromatic rings. The van der Waals surface area contributed by atoms with Gasteiger partial charge in [0.05, 0.1) is 12.8 Å². The van der Waals surface area contributed by atoms with Crippen LogP contribution in [-0.2, 0) is 4.79 Å². The number of carbonyl (C=O) groups is 2. The number of benzene rings is 1. The van der Waals surface area contributed by atoms with E-state index in [1.807, 2.05) is 30.3 Å². The van der Waals surface area contributed by atoms with Crippen LogP contribution < -0.4 is 10.1 Å². The Morgan fingerprint density at radius 2 is 2.04 bits per heavy atom. The highest BCUT2D eigenvalue weighted by molar-refractivity contribution is 5.96. The Labute approximate surface area is 157 Å². The third-order valence-electron chi connectivity index (χ3n) is 5.12. The van der Waals surface area contributed by atoms with E-state index in [9.17, 15) is 9.59 Å². The van der Waals surface area contributed by atoms with Crippen molar-refractivity contribution >= 4 is 11.8 Å². The third-order valence-corrected chi connectivity index (χ3v) is 5.12. The lowest BCUT2D eigenvalue weighted by atomic mass is 10.0. The molecule has 140 valence electrons. The summed E-state index contributed by atoms with van der Waals surface area (Å²) >= 11 is 0. The first-order chi connectivity index (χ1) is 13.2. The fourth-order valence-electron chi connectivity index (χ4n) is 3.65. The molecule has 2 saturated heterocycles. The number of amides is 2. The maximum atomic E-state index is 13.0. The third kappa shape index (κ3) is 3.50. The van der Waals surface area contributed by atoms with Gasteiger partial charge in [-0.1, -0.05) is 18.2 Å². The number of nitrogens with one attached hydrogen (secondary N) is 1. The largest absolute Gasteiger partial charge is 0.481 e. The van der Waals surface area contributed by atoms with Gasteiger partial charge in [0.2, 0.25) is 11.8 Å². The molecule has 1 aromatic carbocycles. The zero-order valence-electron chi connectivity index (χ0n) is 15.2. The first-order valence-electron chi connectivity index (χ1n) is 9.08. The number of hydrogen-bond acceptors (Lipinski definition) is 5. The van der Waals surface area contributed by atoms with Gasteiger partial charge < -0.3 is 15.0 Å². The Kier molecular flexibility index (Phi) is 4.77. The molecule has 1 N–H and O–H groups in total. The van der Waals surface area contributed by atoms with E-state index < -0.39 is 0 Å². The van der Waals surface area contributed by atoms with E-state index in [0.29, 0.717) is 31.1 Å². The molecule has 2 aliphatic heterocycles. The number of methoxy groups -OCH3 is 1. The summed E-state index contributed by atoms with van der Waals surface area (Å²) in [5.41, 5.74) is 2.20. The molecule has 27 heavy (non-hydrogen) atoms. The van der Waals surface area contributed by atoms with Crippen LogP contribution in [0.4, 0.5) is 0 Å². The van der Waals surface area contributed by atoms with E-state index in [2.05, 4.69) is 15.2 Å². The van der Waals surface area contributed by atoms with Crippen LogP contribution in [0, 0.1) is 0 Å². The summed E-state index contributed by atoms with van der Waals surface area (Å²) in [7, 11) is 1.58. The predicted molar refractivity (Wildman–Crippen MR) is 100 cm³/mol. The maximum absolute atomic E-state index is 13.0. The molecule has 7 nitrogen and oxygen atoms in total. The van der Waals surface area contributed by atoms with Crippen molar-refractivity contribution in [2.75, 3.05) is 39.8 Å². The number of fused-ring (bicyclic) bond motifs is 1. The number of hydrogen-bond donors (Lipinski definition) is 1. The average Bonchev–Trinajstić information content (AvgIpc) is 2.73. The summed E-state index contributed by atoms with van der Waals surface area (Å²) in [6, 6.07) is 12.7. The SMILES string of the molecule is COc1cccc(-c2cccc(C(=O)N3CCN4CCNC(=O)[C@H]4C3)c2)n1. The molecule has 2 aliphatic rings. The maximum Gasteiger partial charge on any atom is 0.253 e. The van der Waals surface area contributed by atoms with Gasteiger partial charge >= 0.3 is 0 Å². The van der Waals surface area contributed by atoms with Gasteiger partial charge in [-0.2, -0.15) is 0 Å². The normalized spacial score (nSPS) is 20.0. The summed E-state index contributed by atoms with van der Waals surface area (Å²) < 4.78 is 5.18. The van der Waals surface area contributed by atoms with Crippen molar-refractivity contribution in [3.05, 3.63) is 48.0 Å². The molecular formula is C20H22N4O3. The van der Waals surface area contributed by atoms with Crippen LogP contribution in [-0.4, -0.2) is 72.5 Å². The predicted octanol–water partition coefficient (Wildman–Crippen LogP) is 1.01. The molecule has 2 amide bonds. The second-order valence-corrected chi connectivity index (χ2v) is 6.74. The lowest BCUT2D eigenvalue weighted by Crippen LogP contribution is -2.64. The zero-order chi connectivity index (χ0) is 18.8. The summed E-state index contributed by atoms with van der Waals surface area (Å²) in [6.45, 7) is 3.30. The minimum absolute atomic E-state index is 0.00748. The summed E-state index contributed by atoms with van der Waals surface area (Å²) in [5, 5.41) is 2.88. The van der Waals surface area contributed by atoms with Gasteiger partial charge in [0, 0.05) is 49.9 Å². The van der Waals surface area contributed by atoms with Crippen molar-refractivity contribution in [1.29, 1.82) is 0 Å². The lowest BCUT2D eigenvalue weighted by Gasteiger charge is -2.43. The molecule has 1 atom stereocenters. The molecule has 0 bridgehead atoms. The minimum atomic E-state index is -0.250. The smallest absolute Gasteiger partial charge is 0.253 e. The Balaban J connectivity index is 1.55. The summed E-state index contributed by atoms with van der Waals surface area (Å²) in [5.74, 6) is 0.481.